The molecule has 28 heavy (non-hydrogen) atoms. The Kier molecular flexibility index (Phi) is 11.8. The molecule has 0 aromatic carbocycles. The van der Waals surface area contributed by atoms with Crippen molar-refractivity contribution in [2.75, 3.05) is 6.61 Å². The number of carbonyl (C=O) groups is 1. The minimum Gasteiger partial charge on any atom is -0.463 e. The Balaban J connectivity index is 5.42. The summed E-state index contributed by atoms with van der Waals surface area (Å²) in [6.45, 7) is 21.6. The van der Waals surface area contributed by atoms with Gasteiger partial charge in [-0.2, -0.15) is 0 Å². The molecule has 0 saturated heterocycles. The zero-order valence-corrected chi connectivity index (χ0v) is 22.5. The molecular formula is C23H39IO3Si. The average Bonchev–Trinajstić information content (AvgIpc) is 2.52. The van der Waals surface area contributed by atoms with Gasteiger partial charge in [0.15, 0.2) is 8.32 Å². The van der Waals surface area contributed by atoms with E-state index in [2.05, 4.69) is 88.5 Å². The molecule has 0 aliphatic carbocycles. The maximum absolute atomic E-state index is 11.8. The first-order valence-electron chi connectivity index (χ1n) is 9.92. The molecule has 0 heterocycles. The van der Waals surface area contributed by atoms with Gasteiger partial charge in [0.05, 0.1) is 12.7 Å². The second kappa shape index (κ2) is 12.1. The summed E-state index contributed by atoms with van der Waals surface area (Å²) >= 11 is 2.26. The zero-order valence-electron chi connectivity index (χ0n) is 19.4. The predicted octanol–water partition coefficient (Wildman–Crippen LogP) is 7.36. The number of hydrogen-bond donors (Lipinski definition) is 0. The predicted molar refractivity (Wildman–Crippen MR) is 132 cm³/mol. The molecule has 0 fully saturated rings. The topological polar surface area (TPSA) is 35.5 Å². The van der Waals surface area contributed by atoms with Crippen molar-refractivity contribution in [3.05, 3.63) is 45.1 Å². The van der Waals surface area contributed by atoms with Crippen LogP contribution in [0.15, 0.2) is 45.1 Å². The van der Waals surface area contributed by atoms with Gasteiger partial charge in [-0.1, -0.05) is 79.7 Å². The van der Waals surface area contributed by atoms with E-state index in [9.17, 15) is 4.79 Å². The lowest BCUT2D eigenvalue weighted by molar-refractivity contribution is -0.138. The van der Waals surface area contributed by atoms with Gasteiger partial charge in [0.2, 0.25) is 0 Å². The number of rotatable bonds is 9. The third kappa shape index (κ3) is 9.70. The summed E-state index contributed by atoms with van der Waals surface area (Å²) in [6, 6.07) is 0. The molecule has 0 aromatic heterocycles. The molecule has 0 aromatic rings. The van der Waals surface area contributed by atoms with Gasteiger partial charge < -0.3 is 9.16 Å². The van der Waals surface area contributed by atoms with Crippen LogP contribution >= 0.6 is 22.6 Å². The van der Waals surface area contributed by atoms with Gasteiger partial charge in [0, 0.05) is 11.5 Å². The Morgan fingerprint density at radius 2 is 1.68 bits per heavy atom. The van der Waals surface area contributed by atoms with Gasteiger partial charge in [0.1, 0.15) is 0 Å². The maximum atomic E-state index is 11.8. The van der Waals surface area contributed by atoms with Crippen LogP contribution in [0.5, 0.6) is 0 Å². The van der Waals surface area contributed by atoms with E-state index in [-0.39, 0.29) is 23.0 Å². The molecular weight excluding hydrogens is 479 g/mol. The van der Waals surface area contributed by atoms with Crippen molar-refractivity contribution in [1.29, 1.82) is 0 Å². The van der Waals surface area contributed by atoms with Crippen molar-refractivity contribution in [3.63, 3.8) is 0 Å². The van der Waals surface area contributed by atoms with Crippen LogP contribution in [0.3, 0.4) is 0 Å². The van der Waals surface area contributed by atoms with Gasteiger partial charge >= 0.3 is 5.97 Å². The van der Waals surface area contributed by atoms with Gasteiger partial charge in [0.25, 0.3) is 0 Å². The molecule has 0 unspecified atom stereocenters. The lowest BCUT2D eigenvalue weighted by Gasteiger charge is -2.39. The molecule has 3 nitrogen and oxygen atoms in total. The summed E-state index contributed by atoms with van der Waals surface area (Å²) in [5.41, 5.74) is 2.80. The van der Waals surface area contributed by atoms with Gasteiger partial charge in [-0.3, -0.25) is 0 Å². The first-order chi connectivity index (χ1) is 12.7. The summed E-state index contributed by atoms with van der Waals surface area (Å²) in [4.78, 5) is 11.8. The standard InChI is InChI=1S/C23H39IO3Si/c1-11-26-22(25)20(5)16-18(3)14-17(2)15-19(4)21(12-13-24)27-28(9,10)23(6,7)8/h12-16,19,21H,11H2,1-10H3/b13-12+,17-15+,18-14+,20-16+/t19-,21-/m1/s1. The lowest BCUT2D eigenvalue weighted by atomic mass is 10.0. The Labute approximate surface area is 187 Å². The quantitative estimate of drug-likeness (QED) is 0.105. The van der Waals surface area contributed by atoms with Crippen LogP contribution in [-0.4, -0.2) is 27.0 Å². The molecule has 2 atom stereocenters. The Morgan fingerprint density at radius 3 is 2.14 bits per heavy atom. The normalized spacial score (nSPS) is 17.0. The van der Waals surface area contributed by atoms with Crippen LogP contribution in [-0.2, 0) is 14.0 Å². The van der Waals surface area contributed by atoms with E-state index in [1.807, 2.05) is 24.0 Å². The third-order valence-corrected chi connectivity index (χ3v) is 9.93. The number of allylic oxidation sites excluding steroid dienone is 4. The largest absolute Gasteiger partial charge is 0.463 e. The van der Waals surface area contributed by atoms with Crippen LogP contribution in [0.4, 0.5) is 0 Å². The summed E-state index contributed by atoms with van der Waals surface area (Å²) in [5, 5.41) is 0.175. The Bertz CT molecular complexity index is 637. The van der Waals surface area contributed by atoms with Crippen molar-refractivity contribution < 1.29 is 14.0 Å². The fourth-order valence-electron chi connectivity index (χ4n) is 2.51. The minimum atomic E-state index is -1.85. The maximum Gasteiger partial charge on any atom is 0.333 e. The van der Waals surface area contributed by atoms with Gasteiger partial charge in [-0.05, 0) is 56.0 Å². The molecule has 0 aliphatic heterocycles. The summed E-state index contributed by atoms with van der Waals surface area (Å²) < 4.78 is 13.7. The van der Waals surface area contributed by atoms with E-state index < -0.39 is 8.32 Å². The molecule has 0 spiro atoms. The highest BCUT2D eigenvalue weighted by Crippen LogP contribution is 2.38. The van der Waals surface area contributed by atoms with Crippen LogP contribution < -0.4 is 0 Å². The smallest absolute Gasteiger partial charge is 0.333 e. The molecule has 0 radical (unpaired) electrons. The molecule has 0 saturated carbocycles. The summed E-state index contributed by atoms with van der Waals surface area (Å²) in [7, 11) is -1.85. The second-order valence-corrected chi connectivity index (χ2v) is 14.3. The number of halogens is 1. The van der Waals surface area contributed by atoms with Crippen molar-refractivity contribution in [2.24, 2.45) is 5.92 Å². The summed E-state index contributed by atoms with van der Waals surface area (Å²) in [5.74, 6) is -0.0143. The van der Waals surface area contributed by atoms with Crippen LogP contribution in [0.25, 0.3) is 0 Å². The third-order valence-electron chi connectivity index (χ3n) is 5.04. The van der Waals surface area contributed by atoms with Crippen LogP contribution in [0.1, 0.15) is 55.4 Å². The van der Waals surface area contributed by atoms with E-state index in [4.69, 9.17) is 9.16 Å². The average molecular weight is 519 g/mol. The van der Waals surface area contributed by atoms with Crippen molar-refractivity contribution in [3.8, 4) is 0 Å². The number of hydrogen-bond acceptors (Lipinski definition) is 3. The molecule has 0 bridgehead atoms. The molecule has 0 aliphatic rings. The molecule has 5 heteroatoms. The molecule has 0 rings (SSSR count). The lowest BCUT2D eigenvalue weighted by Crippen LogP contribution is -2.44. The van der Waals surface area contributed by atoms with Crippen molar-refractivity contribution in [2.45, 2.75) is 79.6 Å². The molecule has 160 valence electrons. The van der Waals surface area contributed by atoms with E-state index in [1.54, 1.807) is 6.92 Å². The second-order valence-electron chi connectivity index (χ2n) is 8.87. The van der Waals surface area contributed by atoms with Crippen LogP contribution in [0, 0.1) is 5.92 Å². The number of esters is 1. The fraction of sp³-hybridized carbons (Fsp3) is 0.609. The van der Waals surface area contributed by atoms with E-state index >= 15 is 0 Å². The van der Waals surface area contributed by atoms with Crippen molar-refractivity contribution in [1.82, 2.24) is 0 Å². The number of carbonyl (C=O) groups excluding carboxylic acids is 1. The highest BCUT2D eigenvalue weighted by atomic mass is 127. The SMILES string of the molecule is CCOC(=O)/C(C)=C/C(C)=C/C(C)=C/[C@@H](C)[C@@H](/C=C/I)O[Si](C)(C)C(C)(C)C. The molecule has 0 N–H and O–H groups in total. The first kappa shape index (κ1) is 27.3. The number of ether oxygens (including phenoxy) is 1. The summed E-state index contributed by atoms with van der Waals surface area (Å²) in [6.07, 6.45) is 8.41. The first-order valence-corrected chi connectivity index (χ1v) is 14.1. The van der Waals surface area contributed by atoms with Gasteiger partial charge in [-0.15, -0.1) is 0 Å². The van der Waals surface area contributed by atoms with Gasteiger partial charge in [-0.25, -0.2) is 4.79 Å². The van der Waals surface area contributed by atoms with E-state index in [0.29, 0.717) is 12.2 Å². The Morgan fingerprint density at radius 1 is 1.11 bits per heavy atom. The Hall–Kier alpha value is -0.663. The fourth-order valence-corrected chi connectivity index (χ4v) is 4.25. The highest BCUT2D eigenvalue weighted by molar-refractivity contribution is 14.1. The molecule has 0 amide bonds. The van der Waals surface area contributed by atoms with Crippen LogP contribution in [0.2, 0.25) is 18.1 Å². The van der Waals surface area contributed by atoms with E-state index in [1.165, 1.54) is 0 Å². The monoisotopic (exact) mass is 518 g/mol. The van der Waals surface area contributed by atoms with E-state index in [0.717, 1.165) is 11.1 Å². The van der Waals surface area contributed by atoms with Crippen molar-refractivity contribution >= 4 is 36.9 Å². The highest BCUT2D eigenvalue weighted by Gasteiger charge is 2.39. The minimum absolute atomic E-state index is 0.0539. The zero-order chi connectivity index (χ0) is 22.1.